The fourth-order valence-corrected chi connectivity index (χ4v) is 3.54. The molecule has 4 N–H and O–H groups in total. The van der Waals surface area contributed by atoms with Crippen LogP contribution in [0.2, 0.25) is 0 Å². The Labute approximate surface area is 157 Å². The van der Waals surface area contributed by atoms with Gasteiger partial charge in [-0.05, 0) is 23.6 Å². The highest BCUT2D eigenvalue weighted by Crippen LogP contribution is 2.45. The molecule has 27 heavy (non-hydrogen) atoms. The van der Waals surface area contributed by atoms with Gasteiger partial charge in [0.05, 0.1) is 22.6 Å². The minimum absolute atomic E-state index is 0.0717. The molecule has 0 bridgehead atoms. The summed E-state index contributed by atoms with van der Waals surface area (Å²) < 4.78 is 37.3. The Morgan fingerprint density at radius 3 is 2.56 bits per heavy atom. The van der Waals surface area contributed by atoms with Gasteiger partial charge in [-0.25, -0.2) is 10.8 Å². The van der Waals surface area contributed by atoms with E-state index >= 15 is 0 Å². The lowest BCUT2D eigenvalue weighted by molar-refractivity contribution is -0.432. The molecule has 0 fully saturated rings. The first-order valence-electron chi connectivity index (χ1n) is 7.04. The molecule has 0 saturated heterocycles. The van der Waals surface area contributed by atoms with E-state index in [-0.39, 0.29) is 44.4 Å². The summed E-state index contributed by atoms with van der Waals surface area (Å²) in [6.07, 6.45) is 0. The normalized spacial score (nSPS) is 12.0. The van der Waals surface area contributed by atoms with Crippen molar-refractivity contribution in [1.82, 2.24) is 0 Å². The Hall–Kier alpha value is -2.36. The average Bonchev–Trinajstić information content (AvgIpc) is 2.60. The predicted molar refractivity (Wildman–Crippen MR) is 94.9 cm³/mol. The molecule has 0 aliphatic carbocycles. The van der Waals surface area contributed by atoms with E-state index in [1.165, 1.54) is 23.1 Å². The number of aromatic hydroxyl groups is 1. The van der Waals surface area contributed by atoms with Crippen molar-refractivity contribution in [1.29, 1.82) is 5.53 Å². The molecule has 0 aliphatic rings. The Morgan fingerprint density at radius 2 is 2.00 bits per heavy atom. The van der Waals surface area contributed by atoms with Crippen LogP contribution in [-0.4, -0.2) is 44.1 Å². The highest BCUT2D eigenvalue weighted by Gasteiger charge is 2.22. The molecule has 0 heterocycles. The molecule has 0 radical (unpaired) electrons. The summed E-state index contributed by atoms with van der Waals surface area (Å²) in [5.74, 6) is -0.366. The zero-order chi connectivity index (χ0) is 20.2. The minimum atomic E-state index is -4.54. The summed E-state index contributed by atoms with van der Waals surface area (Å²) in [7, 11) is -1.40. The number of fused-ring (bicyclic) bond motifs is 1. The fourth-order valence-electron chi connectivity index (χ4n) is 2.26. The molecule has 0 aliphatic heterocycles. The summed E-state index contributed by atoms with van der Waals surface area (Å²) in [5.41, 5.74) is 6.78. The highest BCUT2D eigenvalue weighted by atomic mass is 32.2. The number of nitrogens with zero attached hydrogens (tertiary/aromatic N) is 4. The Bertz CT molecular complexity index is 994. The monoisotopic (exact) mass is 417 g/mol. The van der Waals surface area contributed by atoms with Crippen molar-refractivity contribution in [2.45, 2.75) is 9.79 Å². The SMILES string of the molecule is CN(C)c1cc2c(O)c(N=NCN=N)c(SOOO)cc2cc1S(=O)(=O)O. The molecule has 0 atom stereocenters. The van der Waals surface area contributed by atoms with Crippen LogP contribution >= 0.6 is 12.0 Å². The Balaban J connectivity index is 2.82. The second-order valence-corrected chi connectivity index (χ2v) is 7.38. The lowest BCUT2D eigenvalue weighted by Crippen LogP contribution is -2.13. The van der Waals surface area contributed by atoms with Crippen molar-refractivity contribution in [3.63, 3.8) is 0 Å². The number of anilines is 1. The maximum atomic E-state index is 11.7. The van der Waals surface area contributed by atoms with Crippen LogP contribution in [0, 0.1) is 5.53 Å². The van der Waals surface area contributed by atoms with E-state index < -0.39 is 10.1 Å². The van der Waals surface area contributed by atoms with Gasteiger partial charge in [-0.15, -0.1) is 9.45 Å². The van der Waals surface area contributed by atoms with Crippen molar-refractivity contribution < 1.29 is 32.7 Å². The van der Waals surface area contributed by atoms with E-state index in [0.29, 0.717) is 12.0 Å². The first-order valence-corrected chi connectivity index (χ1v) is 9.23. The van der Waals surface area contributed by atoms with Crippen molar-refractivity contribution >= 4 is 44.3 Å². The quantitative estimate of drug-likeness (QED) is 0.165. The van der Waals surface area contributed by atoms with Gasteiger partial charge in [0.2, 0.25) is 0 Å². The molecular formula is C13H15N5O7S2. The largest absolute Gasteiger partial charge is 0.505 e. The van der Waals surface area contributed by atoms with Gasteiger partial charge in [-0.2, -0.15) is 18.6 Å². The van der Waals surface area contributed by atoms with Crippen LogP contribution in [0.5, 0.6) is 5.75 Å². The summed E-state index contributed by atoms with van der Waals surface area (Å²) in [4.78, 5) is 1.20. The number of phenolic OH excluding ortho intramolecular Hbond substituents is 1. The number of nitrogens with one attached hydrogen (secondary N) is 1. The predicted octanol–water partition coefficient (Wildman–Crippen LogP) is 3.36. The van der Waals surface area contributed by atoms with Crippen LogP contribution in [0.1, 0.15) is 0 Å². The minimum Gasteiger partial charge on any atom is -0.505 e. The van der Waals surface area contributed by atoms with Gasteiger partial charge in [0.1, 0.15) is 10.6 Å². The first-order chi connectivity index (χ1) is 12.7. The topological polar surface area (TPSA) is 177 Å². The molecule has 0 unspecified atom stereocenters. The van der Waals surface area contributed by atoms with Crippen molar-refractivity contribution in [3.8, 4) is 5.75 Å². The number of rotatable bonds is 8. The Morgan fingerprint density at radius 1 is 1.30 bits per heavy atom. The summed E-state index contributed by atoms with van der Waals surface area (Å²) in [5, 5.41) is 33.3. The van der Waals surface area contributed by atoms with Crippen molar-refractivity contribution in [2.75, 3.05) is 25.7 Å². The average molecular weight is 417 g/mol. The van der Waals surface area contributed by atoms with Gasteiger partial charge < -0.3 is 10.0 Å². The zero-order valence-electron chi connectivity index (χ0n) is 14.0. The van der Waals surface area contributed by atoms with Gasteiger partial charge in [-0.1, -0.05) is 5.04 Å². The van der Waals surface area contributed by atoms with Crippen LogP contribution in [-0.2, 0) is 19.5 Å². The third kappa shape index (κ3) is 4.68. The van der Waals surface area contributed by atoms with Crippen LogP contribution in [0.25, 0.3) is 10.8 Å². The fraction of sp³-hybridized carbons (Fsp3) is 0.231. The maximum absolute atomic E-state index is 11.7. The molecule has 146 valence electrons. The van der Waals surface area contributed by atoms with Gasteiger partial charge in [-0.3, -0.25) is 4.55 Å². The third-order valence-corrected chi connectivity index (χ3v) is 4.85. The van der Waals surface area contributed by atoms with E-state index in [2.05, 4.69) is 24.7 Å². The van der Waals surface area contributed by atoms with E-state index in [1.807, 2.05) is 0 Å². The zero-order valence-corrected chi connectivity index (χ0v) is 15.7. The molecule has 2 rings (SSSR count). The van der Waals surface area contributed by atoms with Crippen LogP contribution in [0.3, 0.4) is 0 Å². The molecule has 0 amide bonds. The van der Waals surface area contributed by atoms with Crippen LogP contribution in [0.4, 0.5) is 11.4 Å². The highest BCUT2D eigenvalue weighted by molar-refractivity contribution is 7.94. The molecule has 0 aromatic heterocycles. The standard InChI is InChI=1S/C13H15N5O7S2/c1-18(2)9-5-8-7(4-11(9)27(21,22)23)3-10(26-25-24-20)12(13(8)19)17-16-6-15-14/h3-5,14,19-20H,6H2,1-2H3,(H,21,22,23). The summed E-state index contributed by atoms with van der Waals surface area (Å²) in [6.45, 7) is -0.274. The van der Waals surface area contributed by atoms with Crippen LogP contribution in [0.15, 0.2) is 43.3 Å². The van der Waals surface area contributed by atoms with E-state index in [1.54, 1.807) is 14.1 Å². The maximum Gasteiger partial charge on any atom is 0.296 e. The smallest absolute Gasteiger partial charge is 0.296 e. The van der Waals surface area contributed by atoms with Crippen LogP contribution < -0.4 is 4.90 Å². The second-order valence-electron chi connectivity index (χ2n) is 5.25. The number of azo groups is 1. The number of phenols is 1. The lowest BCUT2D eigenvalue weighted by atomic mass is 10.1. The molecule has 2 aromatic rings. The summed E-state index contributed by atoms with van der Waals surface area (Å²) in [6, 6.07) is 3.92. The molecular weight excluding hydrogens is 402 g/mol. The van der Waals surface area contributed by atoms with Gasteiger partial charge >= 0.3 is 0 Å². The number of benzene rings is 2. The molecule has 2 aromatic carbocycles. The Kier molecular flexibility index (Phi) is 6.63. The second kappa shape index (κ2) is 8.55. The van der Waals surface area contributed by atoms with Gasteiger partial charge in [0.15, 0.2) is 12.4 Å². The van der Waals surface area contributed by atoms with E-state index in [4.69, 9.17) is 10.8 Å². The number of hydrogen-bond donors (Lipinski definition) is 4. The summed E-state index contributed by atoms with van der Waals surface area (Å²) >= 11 is 0.472. The third-order valence-electron chi connectivity index (χ3n) is 3.35. The number of hydrogen-bond acceptors (Lipinski definition) is 12. The molecule has 0 spiro atoms. The van der Waals surface area contributed by atoms with Gasteiger partial charge in [0.25, 0.3) is 10.1 Å². The van der Waals surface area contributed by atoms with Gasteiger partial charge in [0, 0.05) is 19.5 Å². The van der Waals surface area contributed by atoms with E-state index in [0.717, 1.165) is 0 Å². The lowest BCUT2D eigenvalue weighted by Gasteiger charge is -2.18. The molecule has 14 heteroatoms. The molecule has 12 nitrogen and oxygen atoms in total. The first kappa shape index (κ1) is 20.9. The van der Waals surface area contributed by atoms with E-state index in [9.17, 15) is 18.1 Å². The molecule has 0 saturated carbocycles. The van der Waals surface area contributed by atoms with Crippen molar-refractivity contribution in [3.05, 3.63) is 18.2 Å². The van der Waals surface area contributed by atoms with Crippen molar-refractivity contribution in [2.24, 2.45) is 15.3 Å².